The Hall–Kier alpha value is -2.02. The molecule has 1 aliphatic heterocycles. The molecule has 6 nitrogen and oxygen atoms in total. The fraction of sp³-hybridized carbons (Fsp3) is 0.526. The normalized spacial score (nSPS) is 19.3. The number of piperidine rings is 1. The highest BCUT2D eigenvalue weighted by atomic mass is 32.2. The van der Waals surface area contributed by atoms with Gasteiger partial charge in [-0.15, -0.1) is 0 Å². The number of nitrogens with zero attached hydrogens (tertiary/aromatic N) is 3. The Morgan fingerprint density at radius 2 is 2.00 bits per heavy atom. The van der Waals surface area contributed by atoms with Crippen LogP contribution in [-0.2, 0) is 15.5 Å². The summed E-state index contributed by atoms with van der Waals surface area (Å²) in [7, 11) is -1.32. The van der Waals surface area contributed by atoms with Crippen molar-refractivity contribution >= 4 is 27.9 Å². The number of fused-ring (bicyclic) bond motifs is 1. The molecule has 0 radical (unpaired) electrons. The molecule has 1 aliphatic rings. The first-order valence-electron chi connectivity index (χ1n) is 8.93. The van der Waals surface area contributed by atoms with Gasteiger partial charge in [0.15, 0.2) is 0 Å². The third kappa shape index (κ3) is 4.58. The number of carbonyl (C=O) groups is 1. The molecule has 7 heteroatoms. The summed E-state index contributed by atoms with van der Waals surface area (Å²) in [6.45, 7) is 6.20. The second kappa shape index (κ2) is 7.70. The van der Waals surface area contributed by atoms with Gasteiger partial charge in [0.05, 0.1) is 33.8 Å². The number of likely N-dealkylation sites (tertiary alicyclic amines) is 1. The molecule has 3 rings (SSSR count). The van der Waals surface area contributed by atoms with Crippen LogP contribution in [0.5, 0.6) is 0 Å². The number of ether oxygens (including phenoxy) is 1. The average Bonchev–Trinajstić information content (AvgIpc) is 2.60. The number of para-hydroxylation sites is 2. The van der Waals surface area contributed by atoms with Crippen LogP contribution >= 0.6 is 0 Å². The molecule has 2 unspecified atom stereocenters. The number of hydrogen-bond donors (Lipinski definition) is 0. The molecule has 26 heavy (non-hydrogen) atoms. The van der Waals surface area contributed by atoms with Crippen LogP contribution in [0.2, 0.25) is 0 Å². The summed E-state index contributed by atoms with van der Waals surface area (Å²) in [5.41, 5.74) is 0.967. The third-order valence-corrected chi connectivity index (χ3v) is 5.61. The Kier molecular flexibility index (Phi) is 5.55. The van der Waals surface area contributed by atoms with Crippen LogP contribution in [0.3, 0.4) is 0 Å². The van der Waals surface area contributed by atoms with Gasteiger partial charge in [-0.1, -0.05) is 12.1 Å². The molecule has 0 spiro atoms. The van der Waals surface area contributed by atoms with Gasteiger partial charge in [0, 0.05) is 12.6 Å². The molecule has 1 aromatic carbocycles. The van der Waals surface area contributed by atoms with Crippen molar-refractivity contribution in [1.82, 2.24) is 14.9 Å². The van der Waals surface area contributed by atoms with E-state index in [1.54, 1.807) is 11.1 Å². The van der Waals surface area contributed by atoms with E-state index in [1.165, 1.54) is 0 Å². The lowest BCUT2D eigenvalue weighted by Crippen LogP contribution is -2.48. The molecule has 2 aromatic rings. The zero-order valence-electron chi connectivity index (χ0n) is 15.5. The summed E-state index contributed by atoms with van der Waals surface area (Å²) >= 11 is 0. The highest BCUT2D eigenvalue weighted by Gasteiger charge is 2.32. The van der Waals surface area contributed by atoms with E-state index in [0.717, 1.165) is 30.3 Å². The Morgan fingerprint density at radius 3 is 2.73 bits per heavy atom. The second-order valence-electron chi connectivity index (χ2n) is 7.53. The van der Waals surface area contributed by atoms with E-state index in [9.17, 15) is 9.00 Å². The zero-order chi connectivity index (χ0) is 18.7. The zero-order valence-corrected chi connectivity index (χ0v) is 16.3. The minimum absolute atomic E-state index is 0.104. The first kappa shape index (κ1) is 18.8. The maximum atomic E-state index is 12.8. The van der Waals surface area contributed by atoms with Gasteiger partial charge in [-0.3, -0.25) is 9.19 Å². The predicted octanol–water partition coefficient (Wildman–Crippen LogP) is 3.53. The second-order valence-corrected chi connectivity index (χ2v) is 8.98. The Balaban J connectivity index is 1.73. The lowest BCUT2D eigenvalue weighted by Gasteiger charge is -2.36. The minimum Gasteiger partial charge on any atom is -0.444 e. The van der Waals surface area contributed by atoms with Crippen LogP contribution in [0.1, 0.15) is 40.0 Å². The summed E-state index contributed by atoms with van der Waals surface area (Å²) in [6, 6.07) is 7.41. The highest BCUT2D eigenvalue weighted by Crippen LogP contribution is 2.22. The van der Waals surface area contributed by atoms with Gasteiger partial charge in [-0.05, 0) is 52.2 Å². The highest BCUT2D eigenvalue weighted by molar-refractivity contribution is 7.85. The Bertz CT molecular complexity index is 819. The number of benzene rings is 1. The van der Waals surface area contributed by atoms with E-state index in [-0.39, 0.29) is 12.1 Å². The van der Waals surface area contributed by atoms with Gasteiger partial charge in [-0.2, -0.15) is 0 Å². The summed E-state index contributed by atoms with van der Waals surface area (Å²) in [5.74, 6) is 0.353. The summed E-state index contributed by atoms with van der Waals surface area (Å²) in [5, 5.41) is 0.457. The first-order chi connectivity index (χ1) is 12.3. The first-order valence-corrected chi connectivity index (χ1v) is 10.3. The molecule has 2 heterocycles. The quantitative estimate of drug-likeness (QED) is 0.821. The summed E-state index contributed by atoms with van der Waals surface area (Å²) in [4.78, 5) is 23.0. The molecule has 1 aromatic heterocycles. The van der Waals surface area contributed by atoms with Crippen molar-refractivity contribution in [3.8, 4) is 0 Å². The van der Waals surface area contributed by atoms with E-state index in [4.69, 9.17) is 4.74 Å². The molecule has 1 amide bonds. The molecular formula is C19H25N3O3S. The number of rotatable bonds is 3. The lowest BCUT2D eigenvalue weighted by atomic mass is 10.0. The van der Waals surface area contributed by atoms with Crippen molar-refractivity contribution in [3.63, 3.8) is 0 Å². The molecule has 0 bridgehead atoms. The number of hydrogen-bond acceptors (Lipinski definition) is 5. The van der Waals surface area contributed by atoms with Crippen LogP contribution in [-0.4, -0.2) is 49.1 Å². The average molecular weight is 375 g/mol. The fourth-order valence-electron chi connectivity index (χ4n) is 3.04. The maximum Gasteiger partial charge on any atom is 0.410 e. The fourth-order valence-corrected chi connectivity index (χ4v) is 4.28. The molecule has 1 fully saturated rings. The SMILES string of the molecule is CC(C)(C)OC(=O)N1CCCCC1CS(=O)c1cnc2ccccc2n1. The van der Waals surface area contributed by atoms with Gasteiger partial charge in [0.2, 0.25) is 0 Å². The van der Waals surface area contributed by atoms with Crippen molar-refractivity contribution in [2.24, 2.45) is 0 Å². The largest absolute Gasteiger partial charge is 0.444 e. The van der Waals surface area contributed by atoms with Gasteiger partial charge in [-0.25, -0.2) is 9.78 Å². The molecule has 140 valence electrons. The van der Waals surface area contributed by atoms with E-state index >= 15 is 0 Å². The minimum atomic E-state index is -1.32. The van der Waals surface area contributed by atoms with Crippen molar-refractivity contribution in [1.29, 1.82) is 0 Å². The van der Waals surface area contributed by atoms with Crippen molar-refractivity contribution in [3.05, 3.63) is 30.5 Å². The van der Waals surface area contributed by atoms with Crippen molar-refractivity contribution in [2.75, 3.05) is 12.3 Å². The van der Waals surface area contributed by atoms with Crippen LogP contribution in [0.25, 0.3) is 11.0 Å². The number of amides is 1. The van der Waals surface area contributed by atoms with Crippen LogP contribution in [0.15, 0.2) is 35.5 Å². The van der Waals surface area contributed by atoms with Gasteiger partial charge in [0.1, 0.15) is 10.6 Å². The van der Waals surface area contributed by atoms with E-state index < -0.39 is 16.4 Å². The van der Waals surface area contributed by atoms with Crippen LogP contribution < -0.4 is 0 Å². The Morgan fingerprint density at radius 1 is 1.27 bits per heavy atom. The molecule has 0 aliphatic carbocycles. The van der Waals surface area contributed by atoms with Crippen molar-refractivity contribution in [2.45, 2.75) is 56.7 Å². The van der Waals surface area contributed by atoms with Gasteiger partial charge >= 0.3 is 6.09 Å². The molecule has 1 saturated heterocycles. The smallest absolute Gasteiger partial charge is 0.410 e. The molecule has 0 saturated carbocycles. The van der Waals surface area contributed by atoms with Crippen LogP contribution in [0, 0.1) is 0 Å². The lowest BCUT2D eigenvalue weighted by molar-refractivity contribution is 0.0125. The molecule has 2 atom stereocenters. The van der Waals surface area contributed by atoms with E-state index in [0.29, 0.717) is 17.3 Å². The van der Waals surface area contributed by atoms with E-state index in [2.05, 4.69) is 9.97 Å². The van der Waals surface area contributed by atoms with Crippen molar-refractivity contribution < 1.29 is 13.7 Å². The number of carbonyl (C=O) groups excluding carboxylic acids is 1. The maximum absolute atomic E-state index is 12.8. The topological polar surface area (TPSA) is 72.4 Å². The van der Waals surface area contributed by atoms with E-state index in [1.807, 2.05) is 45.0 Å². The standard InChI is InChI=1S/C19H25N3O3S/c1-19(2,3)25-18(23)22-11-7-6-8-14(22)13-26(24)17-12-20-15-9-4-5-10-16(15)21-17/h4-5,9-10,12,14H,6-8,11,13H2,1-3H3. The van der Waals surface area contributed by atoms with Crippen LogP contribution in [0.4, 0.5) is 4.79 Å². The monoisotopic (exact) mass is 375 g/mol. The summed E-state index contributed by atoms with van der Waals surface area (Å²) < 4.78 is 18.4. The summed E-state index contributed by atoms with van der Waals surface area (Å²) in [6.07, 6.45) is 4.03. The predicted molar refractivity (Wildman–Crippen MR) is 101 cm³/mol. The van der Waals surface area contributed by atoms with Gasteiger partial charge in [0.25, 0.3) is 0 Å². The molecule has 0 N–H and O–H groups in total. The third-order valence-electron chi connectivity index (χ3n) is 4.26. The molecular weight excluding hydrogens is 350 g/mol. The van der Waals surface area contributed by atoms with Gasteiger partial charge < -0.3 is 9.64 Å². The Labute approximate surface area is 156 Å². The number of aromatic nitrogens is 2.